The van der Waals surface area contributed by atoms with Crippen molar-refractivity contribution in [3.05, 3.63) is 11.8 Å². The second-order valence-electron chi connectivity index (χ2n) is 5.26. The Bertz CT molecular complexity index is 272. The van der Waals surface area contributed by atoms with Gasteiger partial charge in [-0.05, 0) is 51.1 Å². The molecule has 3 nitrogen and oxygen atoms in total. The molecule has 1 aliphatic heterocycles. The Hall–Kier alpha value is -0.540. The van der Waals surface area contributed by atoms with Crippen molar-refractivity contribution < 1.29 is 9.47 Å². The number of hydrogen-bond acceptors (Lipinski definition) is 3. The minimum absolute atomic E-state index is 0.101. The van der Waals surface area contributed by atoms with Crippen LogP contribution in [0.15, 0.2) is 11.8 Å². The first kappa shape index (κ1) is 16.5. The molecule has 1 aliphatic rings. The summed E-state index contributed by atoms with van der Waals surface area (Å²) < 4.78 is 11.7. The van der Waals surface area contributed by atoms with E-state index >= 15 is 0 Å². The number of ether oxygens (including phenoxy) is 2. The van der Waals surface area contributed by atoms with Gasteiger partial charge in [0, 0.05) is 6.61 Å². The van der Waals surface area contributed by atoms with Crippen LogP contribution in [0.2, 0.25) is 0 Å². The topological polar surface area (TPSA) is 30.5 Å². The normalized spacial score (nSPS) is 17.8. The van der Waals surface area contributed by atoms with E-state index in [9.17, 15) is 0 Å². The van der Waals surface area contributed by atoms with E-state index in [1.165, 1.54) is 5.57 Å². The zero-order valence-electron chi connectivity index (χ0n) is 13.1. The number of rotatable bonds is 9. The Kier molecular flexibility index (Phi) is 7.47. The molecule has 1 unspecified atom stereocenters. The summed E-state index contributed by atoms with van der Waals surface area (Å²) in [5, 5.41) is 3.69. The lowest BCUT2D eigenvalue weighted by Crippen LogP contribution is -2.53. The van der Waals surface area contributed by atoms with Crippen LogP contribution in [0.4, 0.5) is 0 Å². The molecule has 1 atom stereocenters. The van der Waals surface area contributed by atoms with Gasteiger partial charge in [0.2, 0.25) is 0 Å². The second-order valence-corrected chi connectivity index (χ2v) is 5.26. The maximum absolute atomic E-state index is 6.18. The first-order valence-electron chi connectivity index (χ1n) is 7.91. The van der Waals surface area contributed by atoms with Crippen LogP contribution in [0, 0.1) is 0 Å². The number of hydrogen-bond donors (Lipinski definition) is 1. The molecular weight excluding hydrogens is 238 g/mol. The molecule has 3 heteroatoms. The van der Waals surface area contributed by atoms with Gasteiger partial charge in [0.25, 0.3) is 0 Å². The molecule has 0 aromatic carbocycles. The third kappa shape index (κ3) is 4.22. The van der Waals surface area contributed by atoms with E-state index in [0.717, 1.165) is 51.9 Å². The molecule has 0 amide bonds. The van der Waals surface area contributed by atoms with E-state index in [-0.39, 0.29) is 11.6 Å². The molecule has 1 heterocycles. The lowest BCUT2D eigenvalue weighted by atomic mass is 9.82. The third-order valence-electron chi connectivity index (χ3n) is 4.09. The lowest BCUT2D eigenvalue weighted by molar-refractivity contribution is -0.0654. The van der Waals surface area contributed by atoms with Gasteiger partial charge >= 0.3 is 0 Å². The summed E-state index contributed by atoms with van der Waals surface area (Å²) in [6.45, 7) is 11.4. The van der Waals surface area contributed by atoms with Gasteiger partial charge in [-0.25, -0.2) is 0 Å². The van der Waals surface area contributed by atoms with Crippen LogP contribution in [0.1, 0.15) is 59.8 Å². The van der Waals surface area contributed by atoms with Crippen LogP contribution in [0.25, 0.3) is 0 Å². The molecule has 112 valence electrons. The van der Waals surface area contributed by atoms with Gasteiger partial charge in [0.05, 0.1) is 24.5 Å². The Morgan fingerprint density at radius 2 is 2.05 bits per heavy atom. The summed E-state index contributed by atoms with van der Waals surface area (Å²) in [7, 11) is 0. The summed E-state index contributed by atoms with van der Waals surface area (Å²) in [4.78, 5) is 0. The molecular formula is C16H31NO2. The van der Waals surface area contributed by atoms with Crippen LogP contribution in [-0.4, -0.2) is 31.4 Å². The summed E-state index contributed by atoms with van der Waals surface area (Å²) in [5.74, 6) is 0. The quantitative estimate of drug-likeness (QED) is 0.693. The predicted octanol–water partition coefficient (Wildman–Crippen LogP) is 3.64. The van der Waals surface area contributed by atoms with E-state index in [0.29, 0.717) is 0 Å². The van der Waals surface area contributed by atoms with E-state index in [1.807, 2.05) is 6.26 Å². The largest absolute Gasteiger partial charge is 0.501 e. The van der Waals surface area contributed by atoms with Gasteiger partial charge in [0.15, 0.2) is 0 Å². The summed E-state index contributed by atoms with van der Waals surface area (Å²) in [6.07, 6.45) is 7.39. The van der Waals surface area contributed by atoms with Gasteiger partial charge in [-0.3, -0.25) is 0 Å². The fraction of sp³-hybridized carbons (Fsp3) is 0.875. The standard InChI is InChI=1S/C16H31NO2/c1-5-11-17-15(14-10-9-12-18-13-14)16(6-2,7-3)19-8-4/h13,15,17H,5-12H2,1-4H3. The predicted molar refractivity (Wildman–Crippen MR) is 80.3 cm³/mol. The highest BCUT2D eigenvalue weighted by Crippen LogP contribution is 2.32. The summed E-state index contributed by atoms with van der Waals surface area (Å²) in [6, 6.07) is 0.280. The molecule has 19 heavy (non-hydrogen) atoms. The smallest absolute Gasteiger partial charge is 0.0876 e. The van der Waals surface area contributed by atoms with Crippen molar-refractivity contribution in [2.45, 2.75) is 71.4 Å². The Morgan fingerprint density at radius 1 is 1.32 bits per heavy atom. The van der Waals surface area contributed by atoms with Crippen LogP contribution in [-0.2, 0) is 9.47 Å². The van der Waals surface area contributed by atoms with Gasteiger partial charge in [-0.15, -0.1) is 0 Å². The molecule has 1 rings (SSSR count). The van der Waals surface area contributed by atoms with E-state index in [2.05, 4.69) is 33.0 Å². The van der Waals surface area contributed by atoms with E-state index in [4.69, 9.17) is 9.47 Å². The molecule has 0 saturated heterocycles. The first-order chi connectivity index (χ1) is 9.24. The van der Waals surface area contributed by atoms with Crippen molar-refractivity contribution in [2.24, 2.45) is 0 Å². The van der Waals surface area contributed by atoms with Gasteiger partial charge in [-0.1, -0.05) is 20.8 Å². The zero-order valence-corrected chi connectivity index (χ0v) is 13.1. The molecule has 0 fully saturated rings. The summed E-state index contributed by atoms with van der Waals surface area (Å²) >= 11 is 0. The van der Waals surface area contributed by atoms with E-state index in [1.54, 1.807) is 0 Å². The monoisotopic (exact) mass is 269 g/mol. The van der Waals surface area contributed by atoms with Gasteiger partial charge < -0.3 is 14.8 Å². The van der Waals surface area contributed by atoms with Crippen molar-refractivity contribution in [2.75, 3.05) is 19.8 Å². The van der Waals surface area contributed by atoms with Crippen molar-refractivity contribution in [1.82, 2.24) is 5.32 Å². The average molecular weight is 269 g/mol. The molecule has 1 N–H and O–H groups in total. The van der Waals surface area contributed by atoms with Crippen molar-refractivity contribution in [3.63, 3.8) is 0 Å². The minimum atomic E-state index is -0.101. The van der Waals surface area contributed by atoms with Crippen LogP contribution in [0.5, 0.6) is 0 Å². The van der Waals surface area contributed by atoms with Crippen molar-refractivity contribution in [3.8, 4) is 0 Å². The maximum atomic E-state index is 6.18. The highest BCUT2D eigenvalue weighted by molar-refractivity contribution is 5.17. The average Bonchev–Trinajstić information content (AvgIpc) is 2.47. The molecule has 0 aromatic heterocycles. The molecule has 0 radical (unpaired) electrons. The lowest BCUT2D eigenvalue weighted by Gasteiger charge is -2.41. The van der Waals surface area contributed by atoms with Gasteiger partial charge in [-0.2, -0.15) is 0 Å². The first-order valence-corrected chi connectivity index (χ1v) is 7.91. The molecule has 0 bridgehead atoms. The highest BCUT2D eigenvalue weighted by atomic mass is 16.5. The highest BCUT2D eigenvalue weighted by Gasteiger charge is 2.38. The zero-order chi connectivity index (χ0) is 14.1. The third-order valence-corrected chi connectivity index (χ3v) is 4.09. The fourth-order valence-corrected chi connectivity index (χ4v) is 2.97. The van der Waals surface area contributed by atoms with Crippen LogP contribution < -0.4 is 5.32 Å². The SMILES string of the molecule is CCCNC(C1=COCCC1)C(CC)(CC)OCC. The molecule has 0 spiro atoms. The summed E-state index contributed by atoms with van der Waals surface area (Å²) in [5.41, 5.74) is 1.27. The van der Waals surface area contributed by atoms with Crippen molar-refractivity contribution in [1.29, 1.82) is 0 Å². The molecule has 0 aliphatic carbocycles. The maximum Gasteiger partial charge on any atom is 0.0876 e. The molecule has 0 aromatic rings. The fourth-order valence-electron chi connectivity index (χ4n) is 2.97. The van der Waals surface area contributed by atoms with Crippen LogP contribution in [0.3, 0.4) is 0 Å². The van der Waals surface area contributed by atoms with Crippen LogP contribution >= 0.6 is 0 Å². The van der Waals surface area contributed by atoms with Gasteiger partial charge in [0.1, 0.15) is 0 Å². The van der Waals surface area contributed by atoms with E-state index < -0.39 is 0 Å². The second kappa shape index (κ2) is 8.60. The Morgan fingerprint density at radius 3 is 2.53 bits per heavy atom. The van der Waals surface area contributed by atoms with Crippen molar-refractivity contribution >= 4 is 0 Å². The Balaban J connectivity index is 2.94. The number of nitrogens with one attached hydrogen (secondary N) is 1. The molecule has 0 saturated carbocycles. The minimum Gasteiger partial charge on any atom is -0.501 e. The Labute approximate surface area is 118 Å².